The first-order valence-corrected chi connectivity index (χ1v) is 3.86. The molecule has 0 saturated heterocycles. The van der Waals surface area contributed by atoms with Crippen LogP contribution >= 0.6 is 0 Å². The molecule has 1 heteroatoms. The van der Waals surface area contributed by atoms with E-state index < -0.39 is 0 Å². The van der Waals surface area contributed by atoms with Crippen molar-refractivity contribution in [3.8, 4) is 0 Å². The summed E-state index contributed by atoms with van der Waals surface area (Å²) in [5.41, 5.74) is 1.09. The highest BCUT2D eigenvalue weighted by molar-refractivity contribution is 5.22. The van der Waals surface area contributed by atoms with E-state index in [0.29, 0.717) is 0 Å². The number of rotatable bonds is 4. The maximum absolute atomic E-state index is 12.2. The molecule has 0 radical (unpaired) electrons. The second-order valence-corrected chi connectivity index (χ2v) is 2.45. The highest BCUT2D eigenvalue weighted by Crippen LogP contribution is 2.06. The average molecular weight is 154 g/mol. The highest BCUT2D eigenvalue weighted by atomic mass is 19.1. The van der Waals surface area contributed by atoms with Crippen LogP contribution in [0.1, 0.15) is 26.7 Å². The minimum absolute atomic E-state index is 0.166. The molecule has 0 heterocycles. The maximum Gasteiger partial charge on any atom is 0.0968 e. The summed E-state index contributed by atoms with van der Waals surface area (Å²) in [6.07, 6.45) is 7.03. The van der Waals surface area contributed by atoms with Crippen molar-refractivity contribution < 1.29 is 4.39 Å². The summed E-state index contributed by atoms with van der Waals surface area (Å²) < 4.78 is 12.2. The second kappa shape index (κ2) is 5.90. The van der Waals surface area contributed by atoms with Gasteiger partial charge in [-0.2, -0.15) is 0 Å². The summed E-state index contributed by atoms with van der Waals surface area (Å²) >= 11 is 0. The molecule has 0 amide bonds. The highest BCUT2D eigenvalue weighted by Gasteiger charge is 1.87. The Kier molecular flexibility index (Phi) is 5.44. The molecule has 0 aliphatic heterocycles. The van der Waals surface area contributed by atoms with E-state index in [1.54, 1.807) is 12.2 Å². The summed E-state index contributed by atoms with van der Waals surface area (Å²) in [6, 6.07) is 0. The van der Waals surface area contributed by atoms with Gasteiger partial charge in [-0.15, -0.1) is 0 Å². The molecule has 0 aromatic heterocycles. The first-order valence-electron chi connectivity index (χ1n) is 3.86. The van der Waals surface area contributed by atoms with Gasteiger partial charge in [0.15, 0.2) is 0 Å². The monoisotopic (exact) mass is 154 g/mol. The number of halogens is 1. The third-order valence-corrected chi connectivity index (χ3v) is 1.33. The van der Waals surface area contributed by atoms with Crippen molar-refractivity contribution in [2.45, 2.75) is 26.7 Å². The fourth-order valence-electron chi connectivity index (χ4n) is 0.764. The van der Waals surface area contributed by atoms with E-state index in [2.05, 4.69) is 13.5 Å². The Bertz CT molecular complexity index is 171. The van der Waals surface area contributed by atoms with Crippen molar-refractivity contribution in [1.82, 2.24) is 0 Å². The molecule has 0 N–H and O–H groups in total. The van der Waals surface area contributed by atoms with Gasteiger partial charge in [0.1, 0.15) is 0 Å². The Morgan fingerprint density at radius 2 is 2.09 bits per heavy atom. The van der Waals surface area contributed by atoms with Gasteiger partial charge < -0.3 is 0 Å². The van der Waals surface area contributed by atoms with Crippen LogP contribution in [0.3, 0.4) is 0 Å². The zero-order chi connectivity index (χ0) is 8.69. The molecular weight excluding hydrogens is 139 g/mol. The van der Waals surface area contributed by atoms with Crippen LogP contribution < -0.4 is 0 Å². The van der Waals surface area contributed by atoms with Crippen molar-refractivity contribution in [2.24, 2.45) is 0 Å². The molecule has 0 fully saturated rings. The van der Waals surface area contributed by atoms with Crippen molar-refractivity contribution >= 4 is 0 Å². The lowest BCUT2D eigenvalue weighted by molar-refractivity contribution is 0.640. The molecule has 0 atom stereocenters. The van der Waals surface area contributed by atoms with Crippen molar-refractivity contribution in [2.75, 3.05) is 0 Å². The Labute approximate surface area is 68.1 Å². The molecule has 0 nitrogen and oxygen atoms in total. The van der Waals surface area contributed by atoms with Gasteiger partial charge in [-0.1, -0.05) is 32.1 Å². The molecule has 0 spiro atoms. The van der Waals surface area contributed by atoms with Gasteiger partial charge in [-0.3, -0.25) is 0 Å². The first kappa shape index (κ1) is 10.2. The van der Waals surface area contributed by atoms with Gasteiger partial charge >= 0.3 is 0 Å². The quantitative estimate of drug-likeness (QED) is 0.541. The van der Waals surface area contributed by atoms with Gasteiger partial charge in [0.05, 0.1) is 5.83 Å². The van der Waals surface area contributed by atoms with E-state index in [-0.39, 0.29) is 5.83 Å². The third-order valence-electron chi connectivity index (χ3n) is 1.33. The topological polar surface area (TPSA) is 0 Å². The standard InChI is InChI=1S/C10H15F/c1-4-6-10(5-2)8-7-9(3)11/h5,7-8H,2,4,6H2,1,3H3/b9-7+,10-8+. The largest absolute Gasteiger partial charge is 0.212 e. The fraction of sp³-hybridized carbons (Fsp3) is 0.400. The Hall–Kier alpha value is -0.850. The molecule has 0 aromatic rings. The summed E-state index contributed by atoms with van der Waals surface area (Å²) in [5.74, 6) is -0.166. The van der Waals surface area contributed by atoms with E-state index in [9.17, 15) is 4.39 Å². The van der Waals surface area contributed by atoms with E-state index in [4.69, 9.17) is 0 Å². The normalized spacial score (nSPS) is 13.4. The predicted octanol–water partition coefficient (Wildman–Crippen LogP) is 3.77. The molecule has 0 saturated carbocycles. The number of hydrogen-bond donors (Lipinski definition) is 0. The summed E-state index contributed by atoms with van der Waals surface area (Å²) in [4.78, 5) is 0. The Balaban J connectivity index is 4.11. The van der Waals surface area contributed by atoms with Crippen LogP contribution in [-0.2, 0) is 0 Å². The molecule has 11 heavy (non-hydrogen) atoms. The lowest BCUT2D eigenvalue weighted by Gasteiger charge is -1.94. The second-order valence-electron chi connectivity index (χ2n) is 2.45. The molecule has 0 aliphatic carbocycles. The van der Waals surface area contributed by atoms with Gasteiger partial charge in [-0.05, 0) is 25.0 Å². The van der Waals surface area contributed by atoms with Crippen LogP contribution in [0.15, 0.2) is 36.2 Å². The lowest BCUT2D eigenvalue weighted by atomic mass is 10.1. The van der Waals surface area contributed by atoms with Crippen LogP contribution in [-0.4, -0.2) is 0 Å². The molecule has 0 bridgehead atoms. The Morgan fingerprint density at radius 3 is 2.45 bits per heavy atom. The number of allylic oxidation sites excluding steroid dienone is 5. The number of hydrogen-bond acceptors (Lipinski definition) is 0. The van der Waals surface area contributed by atoms with Crippen LogP contribution in [0.25, 0.3) is 0 Å². The fourth-order valence-corrected chi connectivity index (χ4v) is 0.764. The van der Waals surface area contributed by atoms with Crippen molar-refractivity contribution in [3.05, 3.63) is 36.2 Å². The molecule has 62 valence electrons. The summed E-state index contributed by atoms with van der Waals surface area (Å²) in [5, 5.41) is 0. The molecular formula is C10H15F. The molecule has 0 aromatic carbocycles. The average Bonchev–Trinajstić information content (AvgIpc) is 1.97. The van der Waals surface area contributed by atoms with Crippen LogP contribution in [0.5, 0.6) is 0 Å². The maximum atomic E-state index is 12.2. The van der Waals surface area contributed by atoms with Gasteiger partial charge in [0, 0.05) is 0 Å². The van der Waals surface area contributed by atoms with Crippen molar-refractivity contribution in [1.29, 1.82) is 0 Å². The molecule has 0 rings (SSSR count). The lowest BCUT2D eigenvalue weighted by Crippen LogP contribution is -1.75. The zero-order valence-corrected chi connectivity index (χ0v) is 7.23. The SMILES string of the molecule is C=C/C(=C\C=C(/C)F)CCC. The van der Waals surface area contributed by atoms with Crippen LogP contribution in [0.4, 0.5) is 4.39 Å². The van der Waals surface area contributed by atoms with Gasteiger partial charge in [-0.25, -0.2) is 4.39 Å². The predicted molar refractivity (Wildman–Crippen MR) is 48.1 cm³/mol. The smallest absolute Gasteiger partial charge is 0.0968 e. The van der Waals surface area contributed by atoms with Gasteiger partial charge in [0.25, 0.3) is 0 Å². The van der Waals surface area contributed by atoms with Crippen molar-refractivity contribution in [3.63, 3.8) is 0 Å². The van der Waals surface area contributed by atoms with E-state index in [1.165, 1.54) is 13.0 Å². The van der Waals surface area contributed by atoms with Gasteiger partial charge in [0.2, 0.25) is 0 Å². The third kappa shape index (κ3) is 5.59. The molecule has 0 aliphatic rings. The minimum Gasteiger partial charge on any atom is -0.212 e. The van der Waals surface area contributed by atoms with E-state index in [1.807, 2.05) is 0 Å². The van der Waals surface area contributed by atoms with Crippen LogP contribution in [0, 0.1) is 0 Å². The zero-order valence-electron chi connectivity index (χ0n) is 7.23. The summed E-state index contributed by atoms with van der Waals surface area (Å²) in [7, 11) is 0. The van der Waals surface area contributed by atoms with E-state index >= 15 is 0 Å². The Morgan fingerprint density at radius 1 is 1.45 bits per heavy atom. The van der Waals surface area contributed by atoms with E-state index in [0.717, 1.165) is 18.4 Å². The first-order chi connectivity index (χ1) is 5.20. The summed E-state index contributed by atoms with van der Waals surface area (Å²) in [6.45, 7) is 7.16. The molecule has 0 unspecified atom stereocenters. The minimum atomic E-state index is -0.166. The van der Waals surface area contributed by atoms with Crippen LogP contribution in [0.2, 0.25) is 0 Å².